The molecule has 0 unspecified atom stereocenters. The summed E-state index contributed by atoms with van der Waals surface area (Å²) in [5.74, 6) is 0.261. The van der Waals surface area contributed by atoms with Gasteiger partial charge in [0.15, 0.2) is 0 Å². The summed E-state index contributed by atoms with van der Waals surface area (Å²) in [5.41, 5.74) is 1.36. The zero-order valence-electron chi connectivity index (χ0n) is 13.5. The van der Waals surface area contributed by atoms with E-state index in [0.29, 0.717) is 37.8 Å². The summed E-state index contributed by atoms with van der Waals surface area (Å²) in [6, 6.07) is 9.52. The third-order valence-electron chi connectivity index (χ3n) is 3.81. The predicted octanol–water partition coefficient (Wildman–Crippen LogP) is 2.21. The van der Waals surface area contributed by atoms with Crippen molar-refractivity contribution in [2.45, 2.75) is 26.6 Å². The summed E-state index contributed by atoms with van der Waals surface area (Å²) in [6.45, 7) is 3.58. The Kier molecular flexibility index (Phi) is 4.79. The van der Waals surface area contributed by atoms with E-state index in [0.717, 1.165) is 5.56 Å². The molecule has 2 aromatic rings. The van der Waals surface area contributed by atoms with Gasteiger partial charge < -0.3 is 14.0 Å². The Hall–Kier alpha value is -2.83. The first-order chi connectivity index (χ1) is 11.7. The van der Waals surface area contributed by atoms with Crippen LogP contribution in [-0.4, -0.2) is 39.7 Å². The molecule has 0 saturated carbocycles. The van der Waals surface area contributed by atoms with Crippen LogP contribution in [0.1, 0.15) is 28.8 Å². The number of nitrogens with zero attached hydrogens (tertiary/aromatic N) is 3. The zero-order chi connectivity index (χ0) is 16.9. The molecule has 126 valence electrons. The summed E-state index contributed by atoms with van der Waals surface area (Å²) < 4.78 is 12.1. The molecule has 1 aromatic carbocycles. The van der Waals surface area contributed by atoms with Gasteiger partial charge in [0.2, 0.25) is 0 Å². The van der Waals surface area contributed by atoms with Crippen LogP contribution in [0.15, 0.2) is 36.5 Å². The molecule has 0 bridgehead atoms. The van der Waals surface area contributed by atoms with Crippen LogP contribution in [0, 0.1) is 0 Å². The minimum Gasteiger partial charge on any atom is -0.461 e. The van der Waals surface area contributed by atoms with Gasteiger partial charge in [-0.1, -0.05) is 30.3 Å². The number of imidazole rings is 1. The highest BCUT2D eigenvalue weighted by molar-refractivity contribution is 5.87. The van der Waals surface area contributed by atoms with Crippen LogP contribution in [0.2, 0.25) is 0 Å². The number of aromatic nitrogens is 2. The van der Waals surface area contributed by atoms with Crippen molar-refractivity contribution in [3.05, 3.63) is 53.6 Å². The molecule has 0 fully saturated rings. The summed E-state index contributed by atoms with van der Waals surface area (Å²) in [6.07, 6.45) is 1.11. The predicted molar refractivity (Wildman–Crippen MR) is 85.2 cm³/mol. The highest BCUT2D eigenvalue weighted by Gasteiger charge is 2.26. The van der Waals surface area contributed by atoms with Gasteiger partial charge in [0.05, 0.1) is 19.3 Å². The van der Waals surface area contributed by atoms with Crippen molar-refractivity contribution in [3.63, 3.8) is 0 Å². The number of hydrogen-bond acceptors (Lipinski definition) is 5. The summed E-state index contributed by atoms with van der Waals surface area (Å²) >= 11 is 0. The van der Waals surface area contributed by atoms with Gasteiger partial charge in [0.25, 0.3) is 0 Å². The first kappa shape index (κ1) is 16.0. The smallest absolute Gasteiger partial charge is 0.410 e. The number of hydrogen-bond donors (Lipinski definition) is 0. The Labute approximate surface area is 139 Å². The van der Waals surface area contributed by atoms with E-state index >= 15 is 0 Å². The molecule has 2 heterocycles. The highest BCUT2D eigenvalue weighted by Crippen LogP contribution is 2.16. The minimum absolute atomic E-state index is 0.235. The number of benzene rings is 1. The van der Waals surface area contributed by atoms with Gasteiger partial charge in [-0.3, -0.25) is 4.90 Å². The van der Waals surface area contributed by atoms with Crippen LogP contribution < -0.4 is 0 Å². The summed E-state index contributed by atoms with van der Waals surface area (Å²) in [4.78, 5) is 29.9. The lowest BCUT2D eigenvalue weighted by Gasteiger charge is -2.27. The van der Waals surface area contributed by atoms with Crippen molar-refractivity contribution in [2.24, 2.45) is 0 Å². The molecule has 7 nitrogen and oxygen atoms in total. The molecule has 24 heavy (non-hydrogen) atoms. The van der Waals surface area contributed by atoms with Crippen LogP contribution >= 0.6 is 0 Å². The van der Waals surface area contributed by atoms with Crippen LogP contribution in [-0.2, 0) is 29.2 Å². The Morgan fingerprint density at radius 1 is 1.17 bits per heavy atom. The van der Waals surface area contributed by atoms with Crippen LogP contribution in [0.3, 0.4) is 0 Å². The number of esters is 1. The zero-order valence-corrected chi connectivity index (χ0v) is 13.5. The van der Waals surface area contributed by atoms with Gasteiger partial charge in [-0.25, -0.2) is 14.6 Å². The fourth-order valence-electron chi connectivity index (χ4n) is 2.59. The normalized spacial score (nSPS) is 13.3. The Bertz CT molecular complexity index is 727. The lowest BCUT2D eigenvalue weighted by atomic mass is 10.2. The first-order valence-corrected chi connectivity index (χ1v) is 7.86. The quantitative estimate of drug-likeness (QED) is 0.804. The maximum absolute atomic E-state index is 12.2. The lowest BCUT2D eigenvalue weighted by Crippen LogP contribution is -2.39. The molecule has 0 saturated heterocycles. The van der Waals surface area contributed by atoms with Crippen molar-refractivity contribution >= 4 is 12.1 Å². The third-order valence-corrected chi connectivity index (χ3v) is 3.81. The molecule has 1 amide bonds. The molecular formula is C17H19N3O4. The monoisotopic (exact) mass is 329 g/mol. The van der Waals surface area contributed by atoms with E-state index in [9.17, 15) is 9.59 Å². The summed E-state index contributed by atoms with van der Waals surface area (Å²) in [5, 5.41) is 0. The van der Waals surface area contributed by atoms with E-state index in [2.05, 4.69) is 4.98 Å². The average molecular weight is 329 g/mol. The molecule has 1 aliphatic heterocycles. The number of carbonyl (C=O) groups excluding carboxylic acids is 2. The second kappa shape index (κ2) is 7.16. The molecule has 1 aromatic heterocycles. The van der Waals surface area contributed by atoms with Gasteiger partial charge in [-0.2, -0.15) is 0 Å². The fourth-order valence-corrected chi connectivity index (χ4v) is 2.59. The van der Waals surface area contributed by atoms with Crippen molar-refractivity contribution in [1.29, 1.82) is 0 Å². The van der Waals surface area contributed by atoms with E-state index in [1.165, 1.54) is 6.20 Å². The Balaban J connectivity index is 1.61. The van der Waals surface area contributed by atoms with E-state index in [4.69, 9.17) is 9.47 Å². The lowest BCUT2D eigenvalue weighted by molar-refractivity contribution is 0.0509. The second-order valence-electron chi connectivity index (χ2n) is 5.39. The molecule has 0 aliphatic carbocycles. The molecular weight excluding hydrogens is 310 g/mol. The minimum atomic E-state index is -0.392. The van der Waals surface area contributed by atoms with Gasteiger partial charge in [-0.15, -0.1) is 0 Å². The molecule has 0 radical (unpaired) electrons. The van der Waals surface area contributed by atoms with Crippen LogP contribution in [0.4, 0.5) is 4.79 Å². The Morgan fingerprint density at radius 3 is 2.71 bits per heavy atom. The SMILES string of the molecule is CCOC(=O)c1cnc2n1CCN(C(=O)OCc1ccccc1)C2. The van der Waals surface area contributed by atoms with Crippen LogP contribution in [0.5, 0.6) is 0 Å². The number of ether oxygens (including phenoxy) is 2. The number of amides is 1. The second-order valence-corrected chi connectivity index (χ2v) is 5.39. The molecule has 7 heteroatoms. The van der Waals surface area contributed by atoms with Crippen molar-refractivity contribution in [1.82, 2.24) is 14.5 Å². The van der Waals surface area contributed by atoms with E-state index in [-0.39, 0.29) is 12.7 Å². The van der Waals surface area contributed by atoms with Crippen molar-refractivity contribution in [2.75, 3.05) is 13.2 Å². The largest absolute Gasteiger partial charge is 0.461 e. The first-order valence-electron chi connectivity index (χ1n) is 7.86. The van der Waals surface area contributed by atoms with E-state index in [1.54, 1.807) is 16.4 Å². The number of rotatable bonds is 4. The standard InChI is InChI=1S/C17H19N3O4/c1-2-23-16(21)14-10-18-15-11-19(8-9-20(14)15)17(22)24-12-13-6-4-3-5-7-13/h3-7,10H,2,8-9,11-12H2,1H3. The van der Waals surface area contributed by atoms with Crippen molar-refractivity contribution in [3.8, 4) is 0 Å². The molecule has 0 atom stereocenters. The van der Waals surface area contributed by atoms with E-state index < -0.39 is 5.97 Å². The maximum atomic E-state index is 12.2. The molecule has 0 spiro atoms. The third kappa shape index (κ3) is 3.40. The fraction of sp³-hybridized carbons (Fsp3) is 0.353. The molecule has 0 N–H and O–H groups in total. The average Bonchev–Trinajstić information content (AvgIpc) is 3.04. The highest BCUT2D eigenvalue weighted by atomic mass is 16.6. The van der Waals surface area contributed by atoms with E-state index in [1.807, 2.05) is 30.3 Å². The topological polar surface area (TPSA) is 73.7 Å². The van der Waals surface area contributed by atoms with Gasteiger partial charge in [0.1, 0.15) is 18.1 Å². The summed E-state index contributed by atoms with van der Waals surface area (Å²) in [7, 11) is 0. The molecule has 1 aliphatic rings. The van der Waals surface area contributed by atoms with Gasteiger partial charge >= 0.3 is 12.1 Å². The Morgan fingerprint density at radius 2 is 1.96 bits per heavy atom. The number of carbonyl (C=O) groups is 2. The molecule has 3 rings (SSSR count). The number of fused-ring (bicyclic) bond motifs is 1. The van der Waals surface area contributed by atoms with Gasteiger partial charge in [0, 0.05) is 13.1 Å². The van der Waals surface area contributed by atoms with Crippen LogP contribution in [0.25, 0.3) is 0 Å². The maximum Gasteiger partial charge on any atom is 0.410 e. The van der Waals surface area contributed by atoms with Crippen molar-refractivity contribution < 1.29 is 19.1 Å². The van der Waals surface area contributed by atoms with Gasteiger partial charge in [-0.05, 0) is 12.5 Å².